The molecule has 0 aliphatic rings. The summed E-state index contributed by atoms with van der Waals surface area (Å²) in [5, 5.41) is 3.52. The summed E-state index contributed by atoms with van der Waals surface area (Å²) in [5.74, 6) is 1.32. The molecule has 100 valence electrons. The molecule has 0 bridgehead atoms. The first-order chi connectivity index (χ1) is 9.20. The maximum absolute atomic E-state index is 6.02. The molecule has 19 heavy (non-hydrogen) atoms. The molecule has 3 N–H and O–H groups in total. The summed E-state index contributed by atoms with van der Waals surface area (Å²) in [5.41, 5.74) is 7.45. The van der Waals surface area contributed by atoms with Crippen molar-refractivity contribution in [3.05, 3.63) is 46.9 Å². The van der Waals surface area contributed by atoms with Crippen LogP contribution in [0.4, 0.5) is 11.5 Å². The van der Waals surface area contributed by atoms with Gasteiger partial charge < -0.3 is 11.1 Å². The summed E-state index contributed by atoms with van der Waals surface area (Å²) in [4.78, 5) is 8.57. The lowest BCUT2D eigenvalue weighted by Crippen LogP contribution is -2.08. The topological polar surface area (TPSA) is 63.8 Å². The highest BCUT2D eigenvalue weighted by Crippen LogP contribution is 2.24. The molecule has 0 saturated carbocycles. The first-order valence-electron chi connectivity index (χ1n) is 6.30. The van der Waals surface area contributed by atoms with Crippen LogP contribution in [0.25, 0.3) is 0 Å². The Hall–Kier alpha value is -1.81. The standard InChI is InChI=1S/C14H17ClN4/c1-2-6-11-18-13(15)12(16)14(19-11)17-9-10-7-4-3-5-8-10/h3-5,7-8H,2,6,9,16H2,1H3,(H,17,18,19). The predicted octanol–water partition coefficient (Wildman–Crippen LogP) is 3.28. The highest BCUT2D eigenvalue weighted by Gasteiger charge is 2.09. The maximum atomic E-state index is 6.02. The van der Waals surface area contributed by atoms with Gasteiger partial charge in [0.05, 0.1) is 0 Å². The third-order valence-corrected chi connectivity index (χ3v) is 3.01. The average molecular weight is 277 g/mol. The molecule has 0 aliphatic carbocycles. The number of hydrogen-bond acceptors (Lipinski definition) is 4. The molecule has 2 rings (SSSR count). The van der Waals surface area contributed by atoms with E-state index in [2.05, 4.69) is 22.2 Å². The Balaban J connectivity index is 2.15. The van der Waals surface area contributed by atoms with Crippen molar-refractivity contribution >= 4 is 23.1 Å². The van der Waals surface area contributed by atoms with E-state index in [1.54, 1.807) is 0 Å². The number of benzene rings is 1. The van der Waals surface area contributed by atoms with Crippen LogP contribution in [-0.2, 0) is 13.0 Å². The summed E-state index contributed by atoms with van der Waals surface area (Å²) >= 11 is 6.02. The largest absolute Gasteiger partial charge is 0.393 e. The number of aryl methyl sites for hydroxylation is 1. The minimum atomic E-state index is 0.314. The number of nitrogens with two attached hydrogens (primary N) is 1. The summed E-state index contributed by atoms with van der Waals surface area (Å²) in [6.45, 7) is 2.73. The molecule has 0 radical (unpaired) electrons. The van der Waals surface area contributed by atoms with E-state index in [0.717, 1.165) is 24.2 Å². The number of nitrogens with one attached hydrogen (secondary N) is 1. The Labute approximate surface area is 118 Å². The van der Waals surface area contributed by atoms with Gasteiger partial charge in [0.15, 0.2) is 11.0 Å². The van der Waals surface area contributed by atoms with Crippen molar-refractivity contribution in [2.75, 3.05) is 11.1 Å². The Morgan fingerprint density at radius 3 is 2.63 bits per heavy atom. The van der Waals surface area contributed by atoms with E-state index < -0.39 is 0 Å². The Morgan fingerprint density at radius 2 is 1.95 bits per heavy atom. The fourth-order valence-electron chi connectivity index (χ4n) is 1.74. The van der Waals surface area contributed by atoms with E-state index in [-0.39, 0.29) is 0 Å². The normalized spacial score (nSPS) is 10.4. The van der Waals surface area contributed by atoms with Crippen LogP contribution >= 0.6 is 11.6 Å². The van der Waals surface area contributed by atoms with Gasteiger partial charge >= 0.3 is 0 Å². The number of anilines is 2. The predicted molar refractivity (Wildman–Crippen MR) is 79.2 cm³/mol. The number of rotatable bonds is 5. The number of nitrogen functional groups attached to an aromatic ring is 1. The molecule has 0 unspecified atom stereocenters. The summed E-state index contributed by atoms with van der Waals surface area (Å²) in [7, 11) is 0. The second kappa shape index (κ2) is 6.38. The zero-order chi connectivity index (χ0) is 13.7. The van der Waals surface area contributed by atoms with E-state index in [9.17, 15) is 0 Å². The van der Waals surface area contributed by atoms with Gasteiger partial charge in [0.1, 0.15) is 11.5 Å². The molecule has 4 nitrogen and oxygen atoms in total. The number of halogens is 1. The molecule has 2 aromatic rings. The second-order valence-corrected chi connectivity index (χ2v) is 4.64. The molecule has 0 atom stereocenters. The summed E-state index contributed by atoms with van der Waals surface area (Å²) in [6, 6.07) is 10.1. The van der Waals surface area contributed by atoms with Crippen LogP contribution in [0.15, 0.2) is 30.3 Å². The third-order valence-electron chi connectivity index (χ3n) is 2.72. The zero-order valence-electron chi connectivity index (χ0n) is 10.9. The van der Waals surface area contributed by atoms with Crippen molar-refractivity contribution in [2.45, 2.75) is 26.3 Å². The van der Waals surface area contributed by atoms with E-state index in [0.29, 0.717) is 23.2 Å². The van der Waals surface area contributed by atoms with Crippen LogP contribution in [0.1, 0.15) is 24.7 Å². The molecule has 0 amide bonds. The Morgan fingerprint density at radius 1 is 1.21 bits per heavy atom. The van der Waals surface area contributed by atoms with E-state index in [4.69, 9.17) is 17.3 Å². The smallest absolute Gasteiger partial charge is 0.157 e. The quantitative estimate of drug-likeness (QED) is 0.823. The molecule has 1 heterocycles. The van der Waals surface area contributed by atoms with Crippen molar-refractivity contribution in [1.82, 2.24) is 9.97 Å². The molecular formula is C14H17ClN4. The average Bonchev–Trinajstić information content (AvgIpc) is 2.42. The van der Waals surface area contributed by atoms with Gasteiger partial charge in [0, 0.05) is 13.0 Å². The van der Waals surface area contributed by atoms with Crippen molar-refractivity contribution in [3.63, 3.8) is 0 Å². The van der Waals surface area contributed by atoms with Crippen molar-refractivity contribution < 1.29 is 0 Å². The van der Waals surface area contributed by atoms with Crippen molar-refractivity contribution in [3.8, 4) is 0 Å². The van der Waals surface area contributed by atoms with Crippen LogP contribution in [0, 0.1) is 0 Å². The highest BCUT2D eigenvalue weighted by atomic mass is 35.5. The number of nitrogens with zero attached hydrogens (tertiary/aromatic N) is 2. The summed E-state index contributed by atoms with van der Waals surface area (Å²) in [6.07, 6.45) is 1.76. The van der Waals surface area contributed by atoms with Crippen molar-refractivity contribution in [2.24, 2.45) is 0 Å². The van der Waals surface area contributed by atoms with Gasteiger partial charge in [-0.3, -0.25) is 0 Å². The minimum Gasteiger partial charge on any atom is -0.393 e. The first kappa shape index (κ1) is 13.6. The van der Waals surface area contributed by atoms with Gasteiger partial charge in [-0.05, 0) is 12.0 Å². The molecular weight excluding hydrogens is 260 g/mol. The molecule has 0 aliphatic heterocycles. The number of aromatic nitrogens is 2. The van der Waals surface area contributed by atoms with Gasteiger partial charge in [0.2, 0.25) is 0 Å². The van der Waals surface area contributed by atoms with Crippen LogP contribution in [0.3, 0.4) is 0 Å². The molecule has 5 heteroatoms. The maximum Gasteiger partial charge on any atom is 0.157 e. The van der Waals surface area contributed by atoms with Gasteiger partial charge in [-0.1, -0.05) is 48.9 Å². The van der Waals surface area contributed by atoms with Crippen LogP contribution in [0.5, 0.6) is 0 Å². The van der Waals surface area contributed by atoms with Crippen LogP contribution < -0.4 is 11.1 Å². The molecule has 1 aromatic heterocycles. The minimum absolute atomic E-state index is 0.314. The van der Waals surface area contributed by atoms with Gasteiger partial charge in [-0.2, -0.15) is 0 Å². The Kier molecular flexibility index (Phi) is 4.58. The molecule has 1 aromatic carbocycles. The van der Waals surface area contributed by atoms with Gasteiger partial charge in [-0.15, -0.1) is 0 Å². The van der Waals surface area contributed by atoms with E-state index in [1.165, 1.54) is 0 Å². The lowest BCUT2D eigenvalue weighted by Gasteiger charge is -2.11. The Bertz CT molecular complexity index is 543. The van der Waals surface area contributed by atoms with Crippen LogP contribution in [0.2, 0.25) is 5.15 Å². The SMILES string of the molecule is CCCc1nc(Cl)c(N)c(NCc2ccccc2)n1. The second-order valence-electron chi connectivity index (χ2n) is 4.28. The van der Waals surface area contributed by atoms with E-state index in [1.807, 2.05) is 30.3 Å². The van der Waals surface area contributed by atoms with Crippen LogP contribution in [-0.4, -0.2) is 9.97 Å². The monoisotopic (exact) mass is 276 g/mol. The molecule has 0 saturated heterocycles. The van der Waals surface area contributed by atoms with E-state index >= 15 is 0 Å². The zero-order valence-corrected chi connectivity index (χ0v) is 11.6. The summed E-state index contributed by atoms with van der Waals surface area (Å²) < 4.78 is 0. The molecule has 0 fully saturated rings. The highest BCUT2D eigenvalue weighted by molar-refractivity contribution is 6.32. The third kappa shape index (κ3) is 3.58. The first-order valence-corrected chi connectivity index (χ1v) is 6.68. The van der Waals surface area contributed by atoms with Gasteiger partial charge in [0.25, 0.3) is 0 Å². The lowest BCUT2D eigenvalue weighted by molar-refractivity contribution is 0.835. The lowest BCUT2D eigenvalue weighted by atomic mass is 10.2. The fourth-order valence-corrected chi connectivity index (χ4v) is 1.92. The van der Waals surface area contributed by atoms with Crippen molar-refractivity contribution in [1.29, 1.82) is 0 Å². The van der Waals surface area contributed by atoms with Gasteiger partial charge in [-0.25, -0.2) is 9.97 Å². The number of hydrogen-bond donors (Lipinski definition) is 2. The fraction of sp³-hybridized carbons (Fsp3) is 0.286. The molecule has 0 spiro atoms.